The molecule has 8 nitrogen and oxygen atoms in total. The zero-order valence-electron chi connectivity index (χ0n) is 19.3. The summed E-state index contributed by atoms with van der Waals surface area (Å²) >= 11 is 0. The molecule has 0 fully saturated rings. The quantitative estimate of drug-likeness (QED) is 0.562. The maximum absolute atomic E-state index is 13.1. The van der Waals surface area contributed by atoms with Crippen LogP contribution in [0.2, 0.25) is 0 Å². The number of rotatable bonds is 6. The van der Waals surface area contributed by atoms with Gasteiger partial charge in [-0.15, -0.1) is 4.73 Å². The Labute approximate surface area is 204 Å². The van der Waals surface area contributed by atoms with E-state index in [-0.39, 0.29) is 18.4 Å². The molecule has 1 N–H and O–H groups in total. The number of hydrogen-bond donors (Lipinski definition) is 1. The monoisotopic (exact) mass is 497 g/mol. The van der Waals surface area contributed by atoms with Gasteiger partial charge in [0.05, 0.1) is 35.0 Å². The molecule has 2 aromatic carbocycles. The van der Waals surface area contributed by atoms with Gasteiger partial charge in [-0.3, -0.25) is 9.59 Å². The molecule has 186 valence electrons. The molecule has 0 saturated carbocycles. The van der Waals surface area contributed by atoms with Crippen molar-refractivity contribution in [3.05, 3.63) is 92.4 Å². The van der Waals surface area contributed by atoms with Crippen LogP contribution in [0.5, 0.6) is 0 Å². The average molecular weight is 497 g/mol. The van der Waals surface area contributed by atoms with Crippen LogP contribution < -0.4 is 15.7 Å². The Hall–Kier alpha value is -4.33. The molecule has 1 amide bonds. The SMILES string of the molecule is COn1c(NCCc2ccc(C(F)(F)F)cc2)nc2c(c1=O)CN(C(=O)c1ccc(C#N)cc1)CC2. The molecule has 0 atom stereocenters. The van der Waals surface area contributed by atoms with Crippen molar-refractivity contribution in [3.8, 4) is 6.07 Å². The van der Waals surface area contributed by atoms with E-state index in [1.807, 2.05) is 6.07 Å². The number of nitrogens with one attached hydrogen (secondary N) is 1. The average Bonchev–Trinajstić information content (AvgIpc) is 2.88. The highest BCUT2D eigenvalue weighted by molar-refractivity contribution is 5.94. The van der Waals surface area contributed by atoms with E-state index in [0.717, 1.165) is 16.9 Å². The lowest BCUT2D eigenvalue weighted by molar-refractivity contribution is -0.137. The molecular weight excluding hydrogens is 475 g/mol. The molecule has 11 heteroatoms. The molecule has 1 aliphatic heterocycles. The van der Waals surface area contributed by atoms with Crippen LogP contribution in [0.15, 0.2) is 53.3 Å². The van der Waals surface area contributed by atoms with E-state index in [1.54, 1.807) is 29.2 Å². The highest BCUT2D eigenvalue weighted by Crippen LogP contribution is 2.29. The summed E-state index contributed by atoms with van der Waals surface area (Å²) in [6.07, 6.45) is -3.62. The molecule has 4 rings (SSSR count). The molecule has 0 spiro atoms. The number of fused-ring (bicyclic) bond motifs is 1. The summed E-state index contributed by atoms with van der Waals surface area (Å²) in [7, 11) is 1.32. The third-order valence-electron chi connectivity index (χ3n) is 5.90. The van der Waals surface area contributed by atoms with Crippen molar-refractivity contribution in [1.82, 2.24) is 14.6 Å². The van der Waals surface area contributed by atoms with E-state index in [4.69, 9.17) is 10.1 Å². The molecule has 0 saturated heterocycles. The molecule has 3 aromatic rings. The zero-order valence-corrected chi connectivity index (χ0v) is 19.3. The van der Waals surface area contributed by atoms with Gasteiger partial charge in [0.1, 0.15) is 7.11 Å². The lowest BCUT2D eigenvalue weighted by atomic mass is 10.0. The largest absolute Gasteiger partial charge is 0.416 e. The summed E-state index contributed by atoms with van der Waals surface area (Å²) in [5.74, 6) is -0.0766. The molecule has 36 heavy (non-hydrogen) atoms. The van der Waals surface area contributed by atoms with Crippen molar-refractivity contribution in [2.75, 3.05) is 25.5 Å². The minimum Gasteiger partial charge on any atom is -0.411 e. The van der Waals surface area contributed by atoms with Crippen molar-refractivity contribution in [3.63, 3.8) is 0 Å². The van der Waals surface area contributed by atoms with Gasteiger partial charge in [-0.05, 0) is 48.4 Å². The number of carbonyl (C=O) groups is 1. The van der Waals surface area contributed by atoms with Gasteiger partial charge >= 0.3 is 6.18 Å². The third-order valence-corrected chi connectivity index (χ3v) is 5.90. The Balaban J connectivity index is 1.46. The number of halogens is 3. The summed E-state index contributed by atoms with van der Waals surface area (Å²) in [6, 6.07) is 13.2. The third kappa shape index (κ3) is 5.17. The van der Waals surface area contributed by atoms with Gasteiger partial charge in [-0.1, -0.05) is 12.1 Å². The summed E-state index contributed by atoms with van der Waals surface area (Å²) in [5, 5.41) is 11.9. The first-order chi connectivity index (χ1) is 17.2. The maximum Gasteiger partial charge on any atom is 0.416 e. The van der Waals surface area contributed by atoms with Gasteiger partial charge in [-0.25, -0.2) is 4.98 Å². The highest BCUT2D eigenvalue weighted by Gasteiger charge is 2.30. The normalized spacial score (nSPS) is 13.0. The smallest absolute Gasteiger partial charge is 0.411 e. The first kappa shape index (κ1) is 24.8. The second-order valence-corrected chi connectivity index (χ2v) is 8.18. The van der Waals surface area contributed by atoms with E-state index in [2.05, 4.69) is 10.3 Å². The molecule has 0 radical (unpaired) electrons. The van der Waals surface area contributed by atoms with E-state index in [1.165, 1.54) is 19.2 Å². The minimum absolute atomic E-state index is 0.0647. The number of aromatic nitrogens is 2. The Morgan fingerprint density at radius 3 is 2.47 bits per heavy atom. The molecule has 0 bridgehead atoms. The molecule has 0 aliphatic carbocycles. The Morgan fingerprint density at radius 2 is 1.86 bits per heavy atom. The number of anilines is 1. The van der Waals surface area contributed by atoms with E-state index in [9.17, 15) is 22.8 Å². The number of nitriles is 1. The van der Waals surface area contributed by atoms with Crippen molar-refractivity contribution < 1.29 is 22.8 Å². The molecule has 1 aromatic heterocycles. The van der Waals surface area contributed by atoms with Crippen LogP contribution in [0.3, 0.4) is 0 Å². The first-order valence-electron chi connectivity index (χ1n) is 11.1. The number of carbonyl (C=O) groups excluding carboxylic acids is 1. The van der Waals surface area contributed by atoms with E-state index in [0.29, 0.717) is 53.9 Å². The van der Waals surface area contributed by atoms with Crippen LogP contribution in [-0.2, 0) is 25.6 Å². The summed E-state index contributed by atoms with van der Waals surface area (Å²) in [6.45, 7) is 0.735. The second kappa shape index (κ2) is 10.1. The van der Waals surface area contributed by atoms with Crippen LogP contribution >= 0.6 is 0 Å². The molecule has 0 unspecified atom stereocenters. The molecule has 2 heterocycles. The van der Waals surface area contributed by atoms with Crippen LogP contribution in [0, 0.1) is 11.3 Å². The van der Waals surface area contributed by atoms with E-state index >= 15 is 0 Å². The van der Waals surface area contributed by atoms with Crippen LogP contribution in [-0.4, -0.2) is 40.7 Å². The van der Waals surface area contributed by atoms with E-state index < -0.39 is 17.3 Å². The summed E-state index contributed by atoms with van der Waals surface area (Å²) in [5.41, 5.74) is 1.29. The lowest BCUT2D eigenvalue weighted by Gasteiger charge is -2.28. The highest BCUT2D eigenvalue weighted by atomic mass is 19.4. The van der Waals surface area contributed by atoms with Gasteiger partial charge in [0.15, 0.2) is 0 Å². The van der Waals surface area contributed by atoms with Crippen molar-refractivity contribution in [2.24, 2.45) is 0 Å². The number of alkyl halides is 3. The maximum atomic E-state index is 13.1. The van der Waals surface area contributed by atoms with Gasteiger partial charge in [0.2, 0.25) is 5.95 Å². The lowest BCUT2D eigenvalue weighted by Crippen LogP contribution is -2.42. The Kier molecular flexibility index (Phi) is 6.96. The van der Waals surface area contributed by atoms with Gasteiger partial charge in [0.25, 0.3) is 11.5 Å². The number of amides is 1. The van der Waals surface area contributed by atoms with Crippen molar-refractivity contribution in [1.29, 1.82) is 5.26 Å². The Morgan fingerprint density at radius 1 is 1.17 bits per heavy atom. The summed E-state index contributed by atoms with van der Waals surface area (Å²) < 4.78 is 39.2. The molecule has 1 aliphatic rings. The van der Waals surface area contributed by atoms with Crippen LogP contribution in [0.25, 0.3) is 0 Å². The molecular formula is C25H22F3N5O3. The predicted molar refractivity (Wildman–Crippen MR) is 124 cm³/mol. The van der Waals surface area contributed by atoms with Gasteiger partial charge in [-0.2, -0.15) is 18.4 Å². The van der Waals surface area contributed by atoms with Gasteiger partial charge < -0.3 is 15.1 Å². The fourth-order valence-corrected chi connectivity index (χ4v) is 3.96. The topological polar surface area (TPSA) is 100 Å². The van der Waals surface area contributed by atoms with Crippen molar-refractivity contribution in [2.45, 2.75) is 25.6 Å². The van der Waals surface area contributed by atoms with Crippen LogP contribution in [0.1, 0.15) is 38.3 Å². The number of benzene rings is 2. The standard InChI is InChI=1S/C25H22F3N5O3/c1-36-33-23(35)20-15-32(22(34)18-6-2-17(14-29)3-7-18)13-11-21(20)31-24(33)30-12-10-16-4-8-19(9-5-16)25(26,27)28/h2-9H,10-13,15H2,1H3,(H,30,31). The second-order valence-electron chi connectivity index (χ2n) is 8.18. The number of hydrogen-bond acceptors (Lipinski definition) is 6. The van der Waals surface area contributed by atoms with Gasteiger partial charge in [0, 0.05) is 25.1 Å². The van der Waals surface area contributed by atoms with Crippen LogP contribution in [0.4, 0.5) is 19.1 Å². The summed E-state index contributed by atoms with van der Waals surface area (Å²) in [4.78, 5) is 37.3. The zero-order chi connectivity index (χ0) is 25.9. The fraction of sp³-hybridized carbons (Fsp3) is 0.280. The first-order valence-corrected chi connectivity index (χ1v) is 11.1. The Bertz CT molecular complexity index is 1360. The van der Waals surface area contributed by atoms with Crippen molar-refractivity contribution >= 4 is 11.9 Å². The number of nitrogens with zero attached hydrogens (tertiary/aromatic N) is 4. The predicted octanol–water partition coefficient (Wildman–Crippen LogP) is 3.05. The minimum atomic E-state index is -4.39. The fourth-order valence-electron chi connectivity index (χ4n) is 3.96.